The van der Waals surface area contributed by atoms with Crippen molar-refractivity contribution in [3.63, 3.8) is 0 Å². The molecule has 0 aliphatic rings. The smallest absolute Gasteiger partial charge is 0.161 e. The number of hydrogen-bond donors (Lipinski definition) is 1. The molecule has 1 unspecified atom stereocenters. The molecule has 0 bridgehead atoms. The van der Waals surface area contributed by atoms with E-state index in [-0.39, 0.29) is 12.5 Å². The summed E-state index contributed by atoms with van der Waals surface area (Å²) in [5.74, 6) is 1.47. The first-order chi connectivity index (χ1) is 7.27. The summed E-state index contributed by atoms with van der Waals surface area (Å²) in [6.07, 6.45) is -0.652. The standard InChI is InChI=1S/C11H15ClO3/c1-2-14-10-5-3-4-6-11(10)15-8-9(13)7-12/h3-6,9,13H,2,7-8H2,1H3. The van der Waals surface area contributed by atoms with Crippen molar-refractivity contribution in [2.75, 3.05) is 19.1 Å². The van der Waals surface area contributed by atoms with Crippen LogP contribution in [0.3, 0.4) is 0 Å². The molecule has 0 aliphatic carbocycles. The molecule has 0 fully saturated rings. The van der Waals surface area contributed by atoms with Crippen LogP contribution in [0, 0.1) is 0 Å². The summed E-state index contributed by atoms with van der Waals surface area (Å²) in [6, 6.07) is 7.35. The number of halogens is 1. The first-order valence-electron chi connectivity index (χ1n) is 4.86. The fourth-order valence-electron chi connectivity index (χ4n) is 1.07. The number of ether oxygens (including phenoxy) is 2. The summed E-state index contributed by atoms with van der Waals surface area (Å²) in [5, 5.41) is 9.24. The van der Waals surface area contributed by atoms with Gasteiger partial charge in [0.05, 0.1) is 12.5 Å². The van der Waals surface area contributed by atoms with Crippen molar-refractivity contribution in [3.8, 4) is 11.5 Å². The van der Waals surface area contributed by atoms with E-state index in [2.05, 4.69) is 0 Å². The van der Waals surface area contributed by atoms with Crippen LogP contribution >= 0.6 is 11.6 Å². The zero-order chi connectivity index (χ0) is 11.1. The summed E-state index contributed by atoms with van der Waals surface area (Å²) >= 11 is 5.46. The number of alkyl halides is 1. The molecule has 0 heterocycles. The Morgan fingerprint density at radius 2 is 1.87 bits per heavy atom. The van der Waals surface area contributed by atoms with Crippen molar-refractivity contribution in [1.82, 2.24) is 0 Å². The fraction of sp³-hybridized carbons (Fsp3) is 0.455. The molecule has 1 aromatic rings. The first kappa shape index (κ1) is 12.1. The number of aliphatic hydroxyl groups excluding tert-OH is 1. The summed E-state index contributed by atoms with van der Waals surface area (Å²) in [7, 11) is 0. The molecule has 0 radical (unpaired) electrons. The van der Waals surface area contributed by atoms with E-state index in [1.54, 1.807) is 6.07 Å². The van der Waals surface area contributed by atoms with Crippen LogP contribution in [0.25, 0.3) is 0 Å². The molecule has 1 rings (SSSR count). The van der Waals surface area contributed by atoms with E-state index in [1.165, 1.54) is 0 Å². The van der Waals surface area contributed by atoms with Gasteiger partial charge in [-0.25, -0.2) is 0 Å². The molecule has 84 valence electrons. The average Bonchev–Trinajstić information content (AvgIpc) is 2.28. The predicted octanol–water partition coefficient (Wildman–Crippen LogP) is 2.06. The number of aliphatic hydroxyl groups is 1. The van der Waals surface area contributed by atoms with Crippen molar-refractivity contribution in [3.05, 3.63) is 24.3 Å². The molecule has 0 saturated carbocycles. The van der Waals surface area contributed by atoms with Crippen LogP contribution in [0.1, 0.15) is 6.92 Å². The highest BCUT2D eigenvalue weighted by molar-refractivity contribution is 6.18. The summed E-state index contributed by atoms with van der Waals surface area (Å²) in [6.45, 7) is 2.66. The van der Waals surface area contributed by atoms with Crippen LogP contribution in [0.15, 0.2) is 24.3 Å². The van der Waals surface area contributed by atoms with Crippen LogP contribution in [0.4, 0.5) is 0 Å². The normalized spacial score (nSPS) is 12.2. The summed E-state index contributed by atoms with van der Waals surface area (Å²) in [4.78, 5) is 0. The Morgan fingerprint density at radius 1 is 1.27 bits per heavy atom. The fourth-order valence-corrected chi connectivity index (χ4v) is 1.16. The minimum atomic E-state index is -0.652. The maximum Gasteiger partial charge on any atom is 0.161 e. The molecule has 3 nitrogen and oxygen atoms in total. The zero-order valence-corrected chi connectivity index (χ0v) is 9.41. The molecule has 0 aliphatic heterocycles. The van der Waals surface area contributed by atoms with Gasteiger partial charge in [0.25, 0.3) is 0 Å². The first-order valence-corrected chi connectivity index (χ1v) is 5.40. The minimum absolute atomic E-state index is 0.163. The second-order valence-electron chi connectivity index (χ2n) is 3.00. The second kappa shape index (κ2) is 6.53. The average molecular weight is 231 g/mol. The van der Waals surface area contributed by atoms with Gasteiger partial charge in [-0.2, -0.15) is 0 Å². The quantitative estimate of drug-likeness (QED) is 0.761. The van der Waals surface area contributed by atoms with E-state index in [0.29, 0.717) is 18.1 Å². The molecular weight excluding hydrogens is 216 g/mol. The van der Waals surface area contributed by atoms with Crippen LogP contribution in [-0.4, -0.2) is 30.3 Å². The highest BCUT2D eigenvalue weighted by Gasteiger charge is 2.06. The van der Waals surface area contributed by atoms with Crippen molar-refractivity contribution >= 4 is 11.6 Å². The van der Waals surface area contributed by atoms with Gasteiger partial charge in [-0.3, -0.25) is 0 Å². The monoisotopic (exact) mass is 230 g/mol. The van der Waals surface area contributed by atoms with Crippen molar-refractivity contribution in [2.24, 2.45) is 0 Å². The second-order valence-corrected chi connectivity index (χ2v) is 3.31. The molecule has 1 N–H and O–H groups in total. The Kier molecular flexibility index (Phi) is 5.29. The number of hydrogen-bond acceptors (Lipinski definition) is 3. The third-order valence-corrected chi connectivity index (χ3v) is 2.11. The molecule has 0 spiro atoms. The van der Waals surface area contributed by atoms with Crippen LogP contribution in [-0.2, 0) is 0 Å². The van der Waals surface area contributed by atoms with Gasteiger partial charge < -0.3 is 14.6 Å². The minimum Gasteiger partial charge on any atom is -0.490 e. The van der Waals surface area contributed by atoms with Crippen molar-refractivity contribution in [2.45, 2.75) is 13.0 Å². The van der Waals surface area contributed by atoms with Gasteiger partial charge in [0.2, 0.25) is 0 Å². The van der Waals surface area contributed by atoms with Crippen LogP contribution in [0.2, 0.25) is 0 Å². The lowest BCUT2D eigenvalue weighted by atomic mass is 10.3. The number of benzene rings is 1. The molecular formula is C11H15ClO3. The lowest BCUT2D eigenvalue weighted by molar-refractivity contribution is 0.122. The van der Waals surface area contributed by atoms with Gasteiger partial charge in [0.15, 0.2) is 11.5 Å². The zero-order valence-electron chi connectivity index (χ0n) is 8.65. The molecule has 0 saturated heterocycles. The highest BCUT2D eigenvalue weighted by Crippen LogP contribution is 2.26. The van der Waals surface area contributed by atoms with E-state index in [0.717, 1.165) is 0 Å². The number of rotatable bonds is 6. The maximum absolute atomic E-state index is 9.24. The van der Waals surface area contributed by atoms with E-state index >= 15 is 0 Å². The van der Waals surface area contributed by atoms with Gasteiger partial charge in [-0.1, -0.05) is 12.1 Å². The maximum atomic E-state index is 9.24. The Balaban J connectivity index is 2.58. The SMILES string of the molecule is CCOc1ccccc1OCC(O)CCl. The number of para-hydroxylation sites is 2. The third-order valence-electron chi connectivity index (χ3n) is 1.76. The molecule has 0 aromatic heterocycles. The Labute approximate surface area is 94.6 Å². The van der Waals surface area contributed by atoms with Gasteiger partial charge >= 0.3 is 0 Å². The molecule has 15 heavy (non-hydrogen) atoms. The van der Waals surface area contributed by atoms with Crippen molar-refractivity contribution in [1.29, 1.82) is 0 Å². The largest absolute Gasteiger partial charge is 0.490 e. The molecule has 4 heteroatoms. The summed E-state index contributed by atoms with van der Waals surface area (Å²) in [5.41, 5.74) is 0. The lowest BCUT2D eigenvalue weighted by Gasteiger charge is -2.13. The Morgan fingerprint density at radius 3 is 2.40 bits per heavy atom. The lowest BCUT2D eigenvalue weighted by Crippen LogP contribution is -2.19. The van der Waals surface area contributed by atoms with Crippen LogP contribution in [0.5, 0.6) is 11.5 Å². The van der Waals surface area contributed by atoms with E-state index in [9.17, 15) is 5.11 Å². The molecule has 1 atom stereocenters. The van der Waals surface area contributed by atoms with Gasteiger partial charge in [0, 0.05) is 0 Å². The Hall–Kier alpha value is -0.930. The topological polar surface area (TPSA) is 38.7 Å². The van der Waals surface area contributed by atoms with E-state index in [4.69, 9.17) is 21.1 Å². The van der Waals surface area contributed by atoms with Gasteiger partial charge in [-0.15, -0.1) is 11.6 Å². The molecule has 0 amide bonds. The van der Waals surface area contributed by atoms with Crippen molar-refractivity contribution < 1.29 is 14.6 Å². The Bertz CT molecular complexity index is 291. The van der Waals surface area contributed by atoms with E-state index < -0.39 is 6.10 Å². The predicted molar refractivity (Wildman–Crippen MR) is 59.8 cm³/mol. The summed E-state index contributed by atoms with van der Waals surface area (Å²) < 4.78 is 10.7. The van der Waals surface area contributed by atoms with Crippen LogP contribution < -0.4 is 9.47 Å². The third kappa shape index (κ3) is 3.98. The van der Waals surface area contributed by atoms with E-state index in [1.807, 2.05) is 25.1 Å². The highest BCUT2D eigenvalue weighted by atomic mass is 35.5. The van der Waals surface area contributed by atoms with Gasteiger partial charge in [-0.05, 0) is 19.1 Å². The molecule has 1 aromatic carbocycles. The van der Waals surface area contributed by atoms with Gasteiger partial charge in [0.1, 0.15) is 12.7 Å².